The summed E-state index contributed by atoms with van der Waals surface area (Å²) in [7, 11) is 0. The second kappa shape index (κ2) is 14.4. The van der Waals surface area contributed by atoms with Gasteiger partial charge in [0.1, 0.15) is 0 Å². The molecule has 0 saturated carbocycles. The molecule has 5 aromatic heterocycles. The SMILES string of the molecule is Cc1c2c(-c3ccccn3)nc3cc(-c4cccc(-c5nc(-c6ccccc6)nc(-c6ccccc6)n5)c4)ccc3c2c(C)c2c(-c3ccccn3)nc3ccccc3c12. The first-order chi connectivity index (χ1) is 29.6. The molecule has 0 amide bonds. The highest BCUT2D eigenvalue weighted by Gasteiger charge is 2.23. The van der Waals surface area contributed by atoms with Gasteiger partial charge in [0.25, 0.3) is 0 Å². The van der Waals surface area contributed by atoms with Crippen molar-refractivity contribution in [2.24, 2.45) is 0 Å². The van der Waals surface area contributed by atoms with Crippen molar-refractivity contribution >= 4 is 43.4 Å². The van der Waals surface area contributed by atoms with Gasteiger partial charge in [0, 0.05) is 50.6 Å². The van der Waals surface area contributed by atoms with Gasteiger partial charge in [-0.25, -0.2) is 24.9 Å². The van der Waals surface area contributed by atoms with Gasteiger partial charge in [0.2, 0.25) is 0 Å². The van der Waals surface area contributed by atoms with Gasteiger partial charge in [0.05, 0.1) is 33.8 Å². The summed E-state index contributed by atoms with van der Waals surface area (Å²) in [5, 5.41) is 6.62. The molecule has 282 valence electrons. The number of hydrogen-bond acceptors (Lipinski definition) is 7. The molecule has 0 fully saturated rings. The van der Waals surface area contributed by atoms with Crippen LogP contribution in [0, 0.1) is 13.8 Å². The third kappa shape index (κ3) is 5.95. The fraction of sp³-hybridized carbons (Fsp3) is 0.0377. The summed E-state index contributed by atoms with van der Waals surface area (Å²) in [6.07, 6.45) is 3.67. The van der Waals surface area contributed by atoms with Crippen LogP contribution in [0.15, 0.2) is 176 Å². The normalized spacial score (nSPS) is 11.5. The lowest BCUT2D eigenvalue weighted by Crippen LogP contribution is -2.00. The molecule has 7 nitrogen and oxygen atoms in total. The van der Waals surface area contributed by atoms with Crippen molar-refractivity contribution < 1.29 is 0 Å². The minimum Gasteiger partial charge on any atom is -0.255 e. The maximum Gasteiger partial charge on any atom is 0.164 e. The number of hydrogen-bond donors (Lipinski definition) is 0. The van der Waals surface area contributed by atoms with E-state index < -0.39 is 0 Å². The molecule has 6 aromatic carbocycles. The standard InChI is InChI=1S/C53H35N7/c1-32-45-39-22-9-10-23-41(39)56-49(42-24-11-13-28-54-42)47(45)33(2)46-40-27-26-37(31-44(40)57-50(48(32)46)43-25-12-14-29-55-43)36-20-15-21-38(30-36)53-59-51(34-16-5-3-6-17-34)58-52(60-53)35-18-7-4-8-19-35/h3-31H,1-2H3. The average Bonchev–Trinajstić information content (AvgIpc) is 3.33. The Morgan fingerprint density at radius 3 is 1.37 bits per heavy atom. The maximum absolute atomic E-state index is 5.48. The third-order valence-corrected chi connectivity index (χ3v) is 11.3. The van der Waals surface area contributed by atoms with Crippen molar-refractivity contribution in [3.63, 3.8) is 0 Å². The van der Waals surface area contributed by atoms with Crippen LogP contribution >= 0.6 is 0 Å². The van der Waals surface area contributed by atoms with Crippen molar-refractivity contribution in [1.82, 2.24) is 34.9 Å². The predicted molar refractivity (Wildman–Crippen MR) is 243 cm³/mol. The highest BCUT2D eigenvalue weighted by molar-refractivity contribution is 6.25. The third-order valence-electron chi connectivity index (χ3n) is 11.3. The molecule has 0 bridgehead atoms. The zero-order chi connectivity index (χ0) is 40.2. The molecular weight excluding hydrogens is 735 g/mol. The number of nitrogens with zero attached hydrogens (tertiary/aromatic N) is 7. The van der Waals surface area contributed by atoms with Gasteiger partial charge in [-0.15, -0.1) is 0 Å². The van der Waals surface area contributed by atoms with Crippen LogP contribution in [0.25, 0.3) is 111 Å². The molecule has 0 unspecified atom stereocenters. The van der Waals surface area contributed by atoms with Crippen LogP contribution in [-0.2, 0) is 0 Å². The number of benzene rings is 6. The molecule has 0 aliphatic heterocycles. The van der Waals surface area contributed by atoms with Crippen LogP contribution in [0.2, 0.25) is 0 Å². The summed E-state index contributed by atoms with van der Waals surface area (Å²) in [4.78, 5) is 35.3. The van der Waals surface area contributed by atoms with E-state index in [0.717, 1.165) is 105 Å². The lowest BCUT2D eigenvalue weighted by Gasteiger charge is -2.20. The fourth-order valence-electron chi connectivity index (χ4n) is 8.57. The quantitative estimate of drug-likeness (QED) is 0.123. The van der Waals surface area contributed by atoms with Crippen molar-refractivity contribution in [2.45, 2.75) is 13.8 Å². The molecule has 5 heterocycles. The van der Waals surface area contributed by atoms with Crippen molar-refractivity contribution in [2.75, 3.05) is 0 Å². The monoisotopic (exact) mass is 769 g/mol. The molecular formula is C53H35N7. The van der Waals surface area contributed by atoms with Crippen LogP contribution in [0.1, 0.15) is 11.1 Å². The van der Waals surface area contributed by atoms with E-state index >= 15 is 0 Å². The molecule has 0 spiro atoms. The molecule has 11 rings (SSSR count). The molecule has 0 aliphatic rings. The van der Waals surface area contributed by atoms with E-state index in [4.69, 9.17) is 34.9 Å². The maximum atomic E-state index is 5.48. The minimum absolute atomic E-state index is 0.606. The molecule has 0 N–H and O–H groups in total. The number of fused-ring (bicyclic) bond motifs is 6. The Bertz CT molecular complexity index is 3370. The summed E-state index contributed by atoms with van der Waals surface area (Å²) in [6, 6.07) is 55.5. The second-order valence-electron chi connectivity index (χ2n) is 15.0. The number of para-hydroxylation sites is 1. The van der Waals surface area contributed by atoms with E-state index in [1.165, 1.54) is 0 Å². The van der Waals surface area contributed by atoms with Crippen molar-refractivity contribution in [1.29, 1.82) is 0 Å². The van der Waals surface area contributed by atoms with E-state index in [0.29, 0.717) is 17.5 Å². The fourth-order valence-corrected chi connectivity index (χ4v) is 8.57. The highest BCUT2D eigenvalue weighted by atomic mass is 15.0. The van der Waals surface area contributed by atoms with Crippen molar-refractivity contribution in [3.05, 3.63) is 187 Å². The summed E-state index contributed by atoms with van der Waals surface area (Å²) in [6.45, 7) is 4.43. The first-order valence-electron chi connectivity index (χ1n) is 20.0. The number of aryl methyl sites for hydroxylation is 2. The minimum atomic E-state index is 0.606. The van der Waals surface area contributed by atoms with E-state index in [2.05, 4.69) is 74.5 Å². The highest BCUT2D eigenvalue weighted by Crippen LogP contribution is 2.45. The molecule has 11 aromatic rings. The number of aromatic nitrogens is 7. The number of rotatable bonds is 6. The van der Waals surface area contributed by atoms with Gasteiger partial charge in [-0.3, -0.25) is 9.97 Å². The second-order valence-corrected chi connectivity index (χ2v) is 15.0. The average molecular weight is 770 g/mol. The van der Waals surface area contributed by atoms with Gasteiger partial charge in [0.15, 0.2) is 17.5 Å². The lowest BCUT2D eigenvalue weighted by atomic mass is 9.86. The van der Waals surface area contributed by atoms with E-state index in [9.17, 15) is 0 Å². The Labute approximate surface area is 346 Å². The molecule has 7 heteroatoms. The van der Waals surface area contributed by atoms with Crippen LogP contribution in [0.3, 0.4) is 0 Å². The van der Waals surface area contributed by atoms with Gasteiger partial charge >= 0.3 is 0 Å². The summed E-state index contributed by atoms with van der Waals surface area (Å²) < 4.78 is 0. The van der Waals surface area contributed by atoms with E-state index in [-0.39, 0.29) is 0 Å². The molecule has 0 radical (unpaired) electrons. The molecule has 0 saturated heterocycles. The summed E-state index contributed by atoms with van der Waals surface area (Å²) >= 11 is 0. The topological polar surface area (TPSA) is 90.2 Å². The van der Waals surface area contributed by atoms with E-state index in [1.54, 1.807) is 0 Å². The number of pyridine rings is 4. The van der Waals surface area contributed by atoms with Crippen LogP contribution in [0.4, 0.5) is 0 Å². The van der Waals surface area contributed by atoms with Crippen LogP contribution in [-0.4, -0.2) is 34.9 Å². The summed E-state index contributed by atoms with van der Waals surface area (Å²) in [5.74, 6) is 1.86. The first kappa shape index (κ1) is 35.2. The zero-order valence-corrected chi connectivity index (χ0v) is 32.9. The van der Waals surface area contributed by atoms with Crippen molar-refractivity contribution in [3.8, 4) is 68.1 Å². The van der Waals surface area contributed by atoms with Gasteiger partial charge in [-0.05, 0) is 89.3 Å². The Morgan fingerprint density at radius 1 is 0.317 bits per heavy atom. The molecule has 0 aliphatic carbocycles. The van der Waals surface area contributed by atoms with Crippen LogP contribution < -0.4 is 0 Å². The first-order valence-corrected chi connectivity index (χ1v) is 20.0. The predicted octanol–water partition coefficient (Wildman–Crippen LogP) is 12.7. The van der Waals surface area contributed by atoms with Gasteiger partial charge in [-0.1, -0.05) is 121 Å². The Hall–Kier alpha value is -8.03. The Balaban J connectivity index is 1.14. The van der Waals surface area contributed by atoms with E-state index in [1.807, 2.05) is 116 Å². The molecule has 0 atom stereocenters. The Morgan fingerprint density at radius 2 is 0.783 bits per heavy atom. The van der Waals surface area contributed by atoms with Gasteiger partial charge < -0.3 is 0 Å². The summed E-state index contributed by atoms with van der Waals surface area (Å²) in [5.41, 5.74) is 12.2. The van der Waals surface area contributed by atoms with Gasteiger partial charge in [-0.2, -0.15) is 0 Å². The zero-order valence-electron chi connectivity index (χ0n) is 32.9. The lowest BCUT2D eigenvalue weighted by molar-refractivity contribution is 1.07. The largest absolute Gasteiger partial charge is 0.255 e. The smallest absolute Gasteiger partial charge is 0.164 e. The Kier molecular flexibility index (Phi) is 8.45. The van der Waals surface area contributed by atoms with Crippen LogP contribution in [0.5, 0.6) is 0 Å². The molecule has 60 heavy (non-hydrogen) atoms.